The molecule has 20 heavy (non-hydrogen) atoms. The van der Waals surface area contributed by atoms with Crippen LogP contribution in [0.25, 0.3) is 10.9 Å². The average Bonchev–Trinajstić information content (AvgIpc) is 2.43. The normalized spacial score (nSPS) is 10.7. The second-order valence-electron chi connectivity index (χ2n) is 4.06. The maximum Gasteiger partial charge on any atom is 0.232 e. The van der Waals surface area contributed by atoms with Crippen molar-refractivity contribution in [1.82, 2.24) is 9.97 Å². The molecular weight excluding hydrogens is 281 g/mol. The molecule has 0 saturated heterocycles. The number of nitrogens with zero attached hydrogens (tertiary/aromatic N) is 2. The number of benzene rings is 2. The lowest BCUT2D eigenvalue weighted by Gasteiger charge is -2.09. The van der Waals surface area contributed by atoms with E-state index in [1.807, 2.05) is 12.1 Å². The number of hydrogen-bond donors (Lipinski definition) is 1. The SMILES string of the molecule is Nc1nc(Oc2cccc(Cl)c2F)c2ccccc2n1. The van der Waals surface area contributed by atoms with Gasteiger partial charge in [-0.1, -0.05) is 29.8 Å². The molecule has 6 heteroatoms. The molecule has 0 spiro atoms. The van der Waals surface area contributed by atoms with Crippen LogP contribution in [0, 0.1) is 5.82 Å². The number of ether oxygens (including phenoxy) is 1. The minimum Gasteiger partial charge on any atom is -0.435 e. The first-order valence-corrected chi connectivity index (χ1v) is 6.17. The Morgan fingerprint density at radius 2 is 1.85 bits per heavy atom. The van der Waals surface area contributed by atoms with E-state index in [9.17, 15) is 4.39 Å². The van der Waals surface area contributed by atoms with Crippen LogP contribution in [-0.4, -0.2) is 9.97 Å². The molecule has 0 bridgehead atoms. The highest BCUT2D eigenvalue weighted by Gasteiger charge is 2.12. The number of fused-ring (bicyclic) bond motifs is 1. The zero-order valence-electron chi connectivity index (χ0n) is 10.2. The number of anilines is 1. The fourth-order valence-corrected chi connectivity index (χ4v) is 1.98. The minimum atomic E-state index is -0.643. The number of para-hydroxylation sites is 1. The molecule has 1 aromatic heterocycles. The van der Waals surface area contributed by atoms with Crippen LogP contribution in [0.15, 0.2) is 42.5 Å². The quantitative estimate of drug-likeness (QED) is 0.779. The number of halogens is 2. The molecule has 2 aromatic carbocycles. The topological polar surface area (TPSA) is 61.0 Å². The summed E-state index contributed by atoms with van der Waals surface area (Å²) in [6.45, 7) is 0. The van der Waals surface area contributed by atoms with Gasteiger partial charge in [0.2, 0.25) is 11.8 Å². The van der Waals surface area contributed by atoms with E-state index in [0.29, 0.717) is 10.9 Å². The molecule has 0 atom stereocenters. The van der Waals surface area contributed by atoms with E-state index in [-0.39, 0.29) is 22.6 Å². The van der Waals surface area contributed by atoms with Gasteiger partial charge in [0.05, 0.1) is 15.9 Å². The fraction of sp³-hybridized carbons (Fsp3) is 0. The Kier molecular flexibility index (Phi) is 3.12. The molecule has 3 rings (SSSR count). The van der Waals surface area contributed by atoms with Crippen LogP contribution in [-0.2, 0) is 0 Å². The first kappa shape index (κ1) is 12.6. The lowest BCUT2D eigenvalue weighted by Crippen LogP contribution is -1.99. The zero-order chi connectivity index (χ0) is 14.1. The Bertz CT molecular complexity index is 794. The van der Waals surface area contributed by atoms with E-state index in [1.54, 1.807) is 18.2 Å². The molecule has 2 N–H and O–H groups in total. The maximum absolute atomic E-state index is 13.9. The van der Waals surface area contributed by atoms with E-state index in [4.69, 9.17) is 22.1 Å². The van der Waals surface area contributed by atoms with Gasteiger partial charge in [0.25, 0.3) is 0 Å². The lowest BCUT2D eigenvalue weighted by atomic mass is 10.2. The lowest BCUT2D eigenvalue weighted by molar-refractivity contribution is 0.432. The average molecular weight is 290 g/mol. The fourth-order valence-electron chi connectivity index (χ4n) is 1.81. The van der Waals surface area contributed by atoms with Crippen LogP contribution in [0.5, 0.6) is 11.6 Å². The Labute approximate surface area is 119 Å². The number of aromatic nitrogens is 2. The standard InChI is InChI=1S/C14H9ClFN3O/c15-9-5-3-7-11(12(9)16)20-13-8-4-1-2-6-10(8)18-14(17)19-13/h1-7H,(H2,17,18,19). The third-order valence-electron chi connectivity index (χ3n) is 2.71. The summed E-state index contributed by atoms with van der Waals surface area (Å²) in [7, 11) is 0. The summed E-state index contributed by atoms with van der Waals surface area (Å²) < 4.78 is 19.3. The largest absolute Gasteiger partial charge is 0.435 e. The molecule has 4 nitrogen and oxygen atoms in total. The molecular formula is C14H9ClFN3O. The van der Waals surface area contributed by atoms with Crippen molar-refractivity contribution in [3.63, 3.8) is 0 Å². The van der Waals surface area contributed by atoms with Gasteiger partial charge in [0.1, 0.15) is 0 Å². The van der Waals surface area contributed by atoms with Crippen LogP contribution in [0.2, 0.25) is 5.02 Å². The molecule has 0 aliphatic rings. The monoisotopic (exact) mass is 289 g/mol. The summed E-state index contributed by atoms with van der Waals surface area (Å²) in [6, 6.07) is 11.7. The number of nitrogens with two attached hydrogens (primary N) is 1. The third-order valence-corrected chi connectivity index (χ3v) is 3.00. The van der Waals surface area contributed by atoms with Gasteiger partial charge in [-0.3, -0.25) is 0 Å². The van der Waals surface area contributed by atoms with Crippen LogP contribution >= 0.6 is 11.6 Å². The second-order valence-corrected chi connectivity index (χ2v) is 4.47. The predicted molar refractivity (Wildman–Crippen MR) is 75.4 cm³/mol. The Morgan fingerprint density at radius 3 is 2.70 bits per heavy atom. The molecule has 100 valence electrons. The zero-order valence-corrected chi connectivity index (χ0v) is 10.9. The molecule has 0 aliphatic heterocycles. The third kappa shape index (κ3) is 2.23. The van der Waals surface area contributed by atoms with Crippen LogP contribution < -0.4 is 10.5 Å². The molecule has 0 unspecified atom stereocenters. The van der Waals surface area contributed by atoms with Gasteiger partial charge in [-0.2, -0.15) is 4.98 Å². The van der Waals surface area contributed by atoms with Gasteiger partial charge in [-0.15, -0.1) is 0 Å². The molecule has 0 fully saturated rings. The van der Waals surface area contributed by atoms with Crippen molar-refractivity contribution in [2.24, 2.45) is 0 Å². The summed E-state index contributed by atoms with van der Waals surface area (Å²) >= 11 is 5.72. The van der Waals surface area contributed by atoms with Crippen LogP contribution in [0.4, 0.5) is 10.3 Å². The number of nitrogen functional groups attached to an aromatic ring is 1. The molecule has 0 saturated carbocycles. The first-order valence-electron chi connectivity index (χ1n) is 5.79. The summed E-state index contributed by atoms with van der Waals surface area (Å²) in [6.07, 6.45) is 0. The molecule has 0 aliphatic carbocycles. The first-order chi connectivity index (χ1) is 9.65. The highest BCUT2D eigenvalue weighted by molar-refractivity contribution is 6.30. The van der Waals surface area contributed by atoms with E-state index in [2.05, 4.69) is 9.97 Å². The molecule has 1 heterocycles. The van der Waals surface area contributed by atoms with Crippen molar-refractivity contribution in [3.8, 4) is 11.6 Å². The Balaban J connectivity index is 2.13. The van der Waals surface area contributed by atoms with Crippen molar-refractivity contribution in [3.05, 3.63) is 53.3 Å². The Morgan fingerprint density at radius 1 is 1.05 bits per heavy atom. The van der Waals surface area contributed by atoms with Gasteiger partial charge in [-0.05, 0) is 24.3 Å². The van der Waals surface area contributed by atoms with Gasteiger partial charge >= 0.3 is 0 Å². The van der Waals surface area contributed by atoms with Crippen LogP contribution in [0.3, 0.4) is 0 Å². The van der Waals surface area contributed by atoms with E-state index in [0.717, 1.165) is 0 Å². The highest BCUT2D eigenvalue weighted by atomic mass is 35.5. The summed E-state index contributed by atoms with van der Waals surface area (Å²) in [4.78, 5) is 8.09. The van der Waals surface area contributed by atoms with Gasteiger partial charge in [0, 0.05) is 0 Å². The summed E-state index contributed by atoms with van der Waals surface area (Å²) in [5.41, 5.74) is 6.25. The van der Waals surface area contributed by atoms with Gasteiger partial charge in [0.15, 0.2) is 11.6 Å². The number of rotatable bonds is 2. The number of hydrogen-bond acceptors (Lipinski definition) is 4. The summed E-state index contributed by atoms with van der Waals surface area (Å²) in [5.74, 6) is -0.411. The van der Waals surface area contributed by atoms with E-state index < -0.39 is 5.82 Å². The van der Waals surface area contributed by atoms with Crippen molar-refractivity contribution < 1.29 is 9.13 Å². The molecule has 0 radical (unpaired) electrons. The minimum absolute atomic E-state index is 0.0132. The molecule has 0 amide bonds. The van der Waals surface area contributed by atoms with Crippen molar-refractivity contribution in [2.45, 2.75) is 0 Å². The van der Waals surface area contributed by atoms with E-state index >= 15 is 0 Å². The smallest absolute Gasteiger partial charge is 0.232 e. The van der Waals surface area contributed by atoms with Crippen molar-refractivity contribution in [1.29, 1.82) is 0 Å². The van der Waals surface area contributed by atoms with Gasteiger partial charge < -0.3 is 10.5 Å². The Hall–Kier alpha value is -2.40. The highest BCUT2D eigenvalue weighted by Crippen LogP contribution is 2.31. The van der Waals surface area contributed by atoms with E-state index in [1.165, 1.54) is 12.1 Å². The second kappa shape index (κ2) is 4.94. The van der Waals surface area contributed by atoms with Crippen LogP contribution in [0.1, 0.15) is 0 Å². The maximum atomic E-state index is 13.9. The van der Waals surface area contributed by atoms with Crippen molar-refractivity contribution >= 4 is 28.5 Å². The summed E-state index contributed by atoms with van der Waals surface area (Å²) in [5, 5.41) is 0.620. The predicted octanol–water partition coefficient (Wildman–Crippen LogP) is 3.80. The van der Waals surface area contributed by atoms with Crippen molar-refractivity contribution in [2.75, 3.05) is 5.73 Å². The van der Waals surface area contributed by atoms with Gasteiger partial charge in [-0.25, -0.2) is 9.37 Å². The molecule has 3 aromatic rings.